The Morgan fingerprint density at radius 1 is 1.31 bits per heavy atom. The summed E-state index contributed by atoms with van der Waals surface area (Å²) in [7, 11) is -3.70. The summed E-state index contributed by atoms with van der Waals surface area (Å²) in [6, 6.07) is 7.25. The van der Waals surface area contributed by atoms with Gasteiger partial charge in [0.1, 0.15) is 5.82 Å². The highest BCUT2D eigenvalue weighted by Crippen LogP contribution is 2.40. The molecule has 6 nitrogen and oxygen atoms in total. The Balaban J connectivity index is 1.53. The van der Waals surface area contributed by atoms with E-state index < -0.39 is 10.0 Å². The molecule has 0 aliphatic heterocycles. The lowest BCUT2D eigenvalue weighted by molar-refractivity contribution is 0.380. The smallest absolute Gasteiger partial charge is 0.241 e. The van der Waals surface area contributed by atoms with Gasteiger partial charge in [0.2, 0.25) is 21.7 Å². The lowest BCUT2D eigenvalue weighted by Crippen LogP contribution is -2.23. The van der Waals surface area contributed by atoms with Crippen LogP contribution in [-0.2, 0) is 16.6 Å². The quantitative estimate of drug-likeness (QED) is 0.692. The van der Waals surface area contributed by atoms with Crippen LogP contribution in [0.4, 0.5) is 4.39 Å². The Kier molecular flexibility index (Phi) is 4.37. The number of hydrogen-bond acceptors (Lipinski definition) is 6. The maximum atomic E-state index is 12.9. The van der Waals surface area contributed by atoms with Crippen LogP contribution in [0.1, 0.15) is 35.1 Å². The van der Waals surface area contributed by atoms with Crippen LogP contribution in [0.25, 0.3) is 10.7 Å². The fourth-order valence-corrected chi connectivity index (χ4v) is 5.06. The van der Waals surface area contributed by atoms with Crippen molar-refractivity contribution in [3.05, 3.63) is 52.5 Å². The normalized spacial score (nSPS) is 14.7. The van der Waals surface area contributed by atoms with Gasteiger partial charge >= 0.3 is 0 Å². The van der Waals surface area contributed by atoms with Crippen LogP contribution >= 0.6 is 11.3 Å². The molecular weight excluding hydrogens is 377 g/mol. The monoisotopic (exact) mass is 393 g/mol. The van der Waals surface area contributed by atoms with Gasteiger partial charge in [-0.2, -0.15) is 4.98 Å². The van der Waals surface area contributed by atoms with E-state index in [2.05, 4.69) is 14.9 Å². The molecule has 1 aliphatic carbocycles. The van der Waals surface area contributed by atoms with Gasteiger partial charge in [0, 0.05) is 17.3 Å². The molecule has 2 heterocycles. The minimum Gasteiger partial charge on any atom is -0.339 e. The van der Waals surface area contributed by atoms with Crippen molar-refractivity contribution < 1.29 is 17.3 Å². The maximum absolute atomic E-state index is 12.9. The molecule has 0 saturated heterocycles. The number of aromatic nitrogens is 2. The molecule has 0 radical (unpaired) electrons. The van der Waals surface area contributed by atoms with E-state index in [1.165, 1.54) is 23.5 Å². The zero-order valence-corrected chi connectivity index (χ0v) is 15.5. The summed E-state index contributed by atoms with van der Waals surface area (Å²) in [6.45, 7) is 1.82. The lowest BCUT2D eigenvalue weighted by atomic mass is 10.2. The molecule has 26 heavy (non-hydrogen) atoms. The van der Waals surface area contributed by atoms with Gasteiger partial charge in [-0.1, -0.05) is 17.3 Å². The Morgan fingerprint density at radius 3 is 2.73 bits per heavy atom. The first-order valence-electron chi connectivity index (χ1n) is 8.11. The zero-order valence-electron chi connectivity index (χ0n) is 13.9. The summed E-state index contributed by atoms with van der Waals surface area (Å²) >= 11 is 1.31. The van der Waals surface area contributed by atoms with Gasteiger partial charge < -0.3 is 4.52 Å². The standard InChI is InChI=1S/C17H16FN3O3S2/c1-10-15(26(22,23)19-9-11-2-6-13(18)7-3-11)8-14(25-10)16-20-17(24-21-16)12-4-5-12/h2-3,6-8,12,19H,4-5,9H2,1H3. The van der Waals surface area contributed by atoms with Crippen LogP contribution in [0.15, 0.2) is 39.8 Å². The van der Waals surface area contributed by atoms with Crippen molar-refractivity contribution in [3.63, 3.8) is 0 Å². The first kappa shape index (κ1) is 17.3. The Morgan fingerprint density at radius 2 is 2.04 bits per heavy atom. The Labute approximate surface area is 154 Å². The summed E-state index contributed by atoms with van der Waals surface area (Å²) in [6.07, 6.45) is 2.11. The fraction of sp³-hybridized carbons (Fsp3) is 0.294. The van der Waals surface area contributed by atoms with E-state index in [0.717, 1.165) is 12.8 Å². The molecule has 1 N–H and O–H groups in total. The summed E-state index contributed by atoms with van der Waals surface area (Å²) in [5, 5.41) is 3.96. The molecule has 3 aromatic rings. The van der Waals surface area contributed by atoms with Crippen molar-refractivity contribution in [1.29, 1.82) is 0 Å². The topological polar surface area (TPSA) is 85.1 Å². The number of nitrogens with zero attached hydrogens (tertiary/aromatic N) is 2. The molecule has 1 saturated carbocycles. The largest absolute Gasteiger partial charge is 0.339 e. The van der Waals surface area contributed by atoms with Crippen LogP contribution in [0.3, 0.4) is 0 Å². The highest BCUT2D eigenvalue weighted by atomic mass is 32.2. The summed E-state index contributed by atoms with van der Waals surface area (Å²) < 4.78 is 46.0. The van der Waals surface area contributed by atoms with Gasteiger partial charge in [0.25, 0.3) is 0 Å². The van der Waals surface area contributed by atoms with E-state index in [-0.39, 0.29) is 17.3 Å². The zero-order chi connectivity index (χ0) is 18.3. The van der Waals surface area contributed by atoms with E-state index in [0.29, 0.717) is 33.0 Å². The van der Waals surface area contributed by atoms with Crippen molar-refractivity contribution in [2.75, 3.05) is 0 Å². The first-order valence-corrected chi connectivity index (χ1v) is 10.4. The third kappa shape index (κ3) is 3.55. The van der Waals surface area contributed by atoms with Crippen LogP contribution in [0.5, 0.6) is 0 Å². The molecule has 136 valence electrons. The van der Waals surface area contributed by atoms with Gasteiger partial charge in [-0.25, -0.2) is 17.5 Å². The molecule has 0 spiro atoms. The average molecular weight is 393 g/mol. The second-order valence-electron chi connectivity index (χ2n) is 6.21. The molecule has 9 heteroatoms. The molecule has 0 unspecified atom stereocenters. The van der Waals surface area contributed by atoms with E-state index in [1.807, 2.05) is 0 Å². The van der Waals surface area contributed by atoms with Gasteiger partial charge in [-0.05, 0) is 43.5 Å². The summed E-state index contributed by atoms with van der Waals surface area (Å²) in [5.41, 5.74) is 0.676. The second-order valence-corrected chi connectivity index (χ2v) is 9.20. The van der Waals surface area contributed by atoms with E-state index >= 15 is 0 Å². The van der Waals surface area contributed by atoms with Crippen LogP contribution in [-0.4, -0.2) is 18.6 Å². The van der Waals surface area contributed by atoms with Gasteiger partial charge in [0.05, 0.1) is 9.77 Å². The molecule has 1 fully saturated rings. The molecular formula is C17H16FN3O3S2. The molecule has 0 bridgehead atoms. The number of halogens is 1. The highest BCUT2D eigenvalue weighted by Gasteiger charge is 2.30. The maximum Gasteiger partial charge on any atom is 0.241 e. The number of nitrogens with one attached hydrogen (secondary N) is 1. The lowest BCUT2D eigenvalue weighted by Gasteiger charge is -2.06. The highest BCUT2D eigenvalue weighted by molar-refractivity contribution is 7.89. The van der Waals surface area contributed by atoms with Crippen LogP contribution in [0, 0.1) is 12.7 Å². The number of benzene rings is 1. The van der Waals surface area contributed by atoms with Crippen molar-refractivity contribution in [2.45, 2.75) is 37.1 Å². The number of rotatable bonds is 6. The Bertz CT molecular complexity index is 1040. The minimum atomic E-state index is -3.70. The average Bonchev–Trinajstić information content (AvgIpc) is 3.20. The van der Waals surface area contributed by atoms with Gasteiger partial charge in [0.15, 0.2) is 0 Å². The molecule has 4 rings (SSSR count). The van der Waals surface area contributed by atoms with Gasteiger partial charge in [-0.15, -0.1) is 11.3 Å². The Hall–Kier alpha value is -2.10. The molecule has 1 aromatic carbocycles. The van der Waals surface area contributed by atoms with Gasteiger partial charge in [-0.3, -0.25) is 0 Å². The molecule has 0 atom stereocenters. The number of thiophene rings is 1. The van der Waals surface area contributed by atoms with Crippen LogP contribution < -0.4 is 4.72 Å². The third-order valence-electron chi connectivity index (χ3n) is 4.13. The van der Waals surface area contributed by atoms with Crippen LogP contribution in [0.2, 0.25) is 0 Å². The summed E-state index contributed by atoms with van der Waals surface area (Å²) in [4.78, 5) is 5.85. The molecule has 2 aromatic heterocycles. The van der Waals surface area contributed by atoms with E-state index in [1.54, 1.807) is 25.1 Å². The van der Waals surface area contributed by atoms with Crippen molar-refractivity contribution >= 4 is 21.4 Å². The second kappa shape index (κ2) is 6.57. The fourth-order valence-electron chi connectivity index (χ4n) is 2.53. The number of aryl methyl sites for hydroxylation is 1. The van der Waals surface area contributed by atoms with Crippen molar-refractivity contribution in [2.24, 2.45) is 0 Å². The van der Waals surface area contributed by atoms with Crippen molar-refractivity contribution in [3.8, 4) is 10.7 Å². The molecule has 1 aliphatic rings. The van der Waals surface area contributed by atoms with Crippen molar-refractivity contribution in [1.82, 2.24) is 14.9 Å². The van der Waals surface area contributed by atoms with E-state index in [9.17, 15) is 12.8 Å². The third-order valence-corrected chi connectivity index (χ3v) is 6.83. The number of sulfonamides is 1. The SMILES string of the molecule is Cc1sc(-c2noc(C3CC3)n2)cc1S(=O)(=O)NCc1ccc(F)cc1. The summed E-state index contributed by atoms with van der Waals surface area (Å²) in [5.74, 6) is 1.02. The predicted molar refractivity (Wildman–Crippen MR) is 94.7 cm³/mol. The predicted octanol–water partition coefficient (Wildman–Crippen LogP) is 3.60. The number of hydrogen-bond donors (Lipinski definition) is 1. The molecule has 0 amide bonds. The minimum absolute atomic E-state index is 0.0846. The first-order chi connectivity index (χ1) is 12.4. The van der Waals surface area contributed by atoms with E-state index in [4.69, 9.17) is 4.52 Å².